The molecule has 0 aliphatic heterocycles. The maximum atomic E-state index is 13.2. The van der Waals surface area contributed by atoms with Crippen LogP contribution >= 0.6 is 0 Å². The Hall–Kier alpha value is -4.79. The first-order chi connectivity index (χ1) is 16.7. The van der Waals surface area contributed by atoms with Crippen molar-refractivity contribution in [1.82, 2.24) is 5.32 Å². The second-order valence-corrected chi connectivity index (χ2v) is 7.61. The second kappa shape index (κ2) is 11.4. The summed E-state index contributed by atoms with van der Waals surface area (Å²) in [7, 11) is 0. The van der Waals surface area contributed by atoms with Crippen LogP contribution in [0, 0.1) is 17.0 Å². The van der Waals surface area contributed by atoms with E-state index < -0.39 is 28.8 Å². The van der Waals surface area contributed by atoms with Gasteiger partial charge in [-0.25, -0.2) is 4.79 Å². The fourth-order valence-electron chi connectivity index (χ4n) is 3.22. The van der Waals surface area contributed by atoms with E-state index in [1.54, 1.807) is 73.7 Å². The molecule has 0 heterocycles. The number of carbonyl (C=O) groups excluding carboxylic acids is 3. The summed E-state index contributed by atoms with van der Waals surface area (Å²) in [6.45, 7) is 2.93. The van der Waals surface area contributed by atoms with Crippen LogP contribution in [0.15, 0.2) is 84.6 Å². The first-order valence-electron chi connectivity index (χ1n) is 10.6. The van der Waals surface area contributed by atoms with Crippen molar-refractivity contribution in [3.8, 4) is 0 Å². The average Bonchev–Trinajstić information content (AvgIpc) is 2.83. The number of nitrogens with zero attached hydrogens (tertiary/aromatic N) is 1. The Bertz CT molecular complexity index is 1270. The van der Waals surface area contributed by atoms with Gasteiger partial charge < -0.3 is 15.4 Å². The van der Waals surface area contributed by atoms with E-state index in [9.17, 15) is 24.5 Å². The molecule has 0 radical (unpaired) electrons. The zero-order valence-electron chi connectivity index (χ0n) is 19.1. The Labute approximate surface area is 201 Å². The van der Waals surface area contributed by atoms with E-state index in [0.29, 0.717) is 16.7 Å². The van der Waals surface area contributed by atoms with Gasteiger partial charge in [-0.05, 0) is 30.2 Å². The number of hydrogen-bond donors (Lipinski definition) is 2. The van der Waals surface area contributed by atoms with Crippen molar-refractivity contribution in [2.75, 3.05) is 5.32 Å². The molecule has 178 valence electrons. The summed E-state index contributed by atoms with van der Waals surface area (Å²) in [4.78, 5) is 48.8. The molecule has 3 aromatic rings. The molecule has 0 aliphatic rings. The number of hydrogen-bond acceptors (Lipinski definition) is 6. The molecule has 0 bridgehead atoms. The van der Waals surface area contributed by atoms with Crippen molar-refractivity contribution < 1.29 is 24.0 Å². The molecular weight excluding hydrogens is 450 g/mol. The number of carbonyl (C=O) groups is 3. The molecule has 0 fully saturated rings. The van der Waals surface area contributed by atoms with Crippen molar-refractivity contribution in [3.05, 3.63) is 111 Å². The maximum absolute atomic E-state index is 13.2. The van der Waals surface area contributed by atoms with Gasteiger partial charge in [0.05, 0.1) is 4.92 Å². The summed E-state index contributed by atoms with van der Waals surface area (Å²) in [5.41, 5.74) is 1.12. The molecule has 1 unspecified atom stereocenters. The predicted octanol–water partition coefficient (Wildman–Crippen LogP) is 4.30. The van der Waals surface area contributed by atoms with Gasteiger partial charge in [-0.2, -0.15) is 0 Å². The van der Waals surface area contributed by atoms with Gasteiger partial charge in [0.15, 0.2) is 0 Å². The van der Waals surface area contributed by atoms with Crippen LogP contribution in [0.2, 0.25) is 0 Å². The van der Waals surface area contributed by atoms with E-state index in [0.717, 1.165) is 0 Å². The van der Waals surface area contributed by atoms with E-state index in [1.807, 2.05) is 0 Å². The first-order valence-corrected chi connectivity index (χ1v) is 10.6. The van der Waals surface area contributed by atoms with Crippen molar-refractivity contribution in [1.29, 1.82) is 0 Å². The topological polar surface area (TPSA) is 128 Å². The highest BCUT2D eigenvalue weighted by atomic mass is 16.6. The highest BCUT2D eigenvalue weighted by Gasteiger charge is 2.29. The van der Waals surface area contributed by atoms with Crippen LogP contribution in [0.1, 0.15) is 29.7 Å². The number of rotatable bonds is 8. The maximum Gasteiger partial charge on any atom is 0.355 e. The van der Waals surface area contributed by atoms with Crippen LogP contribution < -0.4 is 10.6 Å². The number of amides is 2. The van der Waals surface area contributed by atoms with E-state index in [2.05, 4.69) is 10.6 Å². The van der Waals surface area contributed by atoms with Gasteiger partial charge in [0.2, 0.25) is 12.0 Å². The summed E-state index contributed by atoms with van der Waals surface area (Å²) >= 11 is 0. The SMILES string of the molecule is CC(=O)N/C(=C\c1ccccc1)C(=O)OC(C(=O)Nc1ccc(C)cc1[N+](=O)[O-])c1ccccc1. The molecule has 3 rings (SSSR count). The molecule has 0 spiro atoms. The fraction of sp³-hybridized carbons (Fsp3) is 0.115. The molecule has 0 saturated carbocycles. The fourth-order valence-corrected chi connectivity index (χ4v) is 3.22. The molecule has 3 aromatic carbocycles. The monoisotopic (exact) mass is 473 g/mol. The average molecular weight is 473 g/mol. The number of nitrogens with one attached hydrogen (secondary N) is 2. The lowest BCUT2D eigenvalue weighted by Crippen LogP contribution is -2.31. The standard InChI is InChI=1S/C26H23N3O6/c1-17-13-14-21(23(15-17)29(33)34)28-25(31)24(20-11-7-4-8-12-20)35-26(32)22(27-18(2)30)16-19-9-5-3-6-10-19/h3-16,24H,1-2H3,(H,27,30)(H,28,31)/b22-16-. The van der Waals surface area contributed by atoms with Gasteiger partial charge in [0.1, 0.15) is 11.4 Å². The summed E-state index contributed by atoms with van der Waals surface area (Å²) in [6, 6.07) is 21.3. The molecule has 9 nitrogen and oxygen atoms in total. The van der Waals surface area contributed by atoms with E-state index >= 15 is 0 Å². The van der Waals surface area contributed by atoms with Crippen LogP contribution in [0.5, 0.6) is 0 Å². The lowest BCUT2D eigenvalue weighted by atomic mass is 10.1. The summed E-state index contributed by atoms with van der Waals surface area (Å²) < 4.78 is 5.53. The second-order valence-electron chi connectivity index (χ2n) is 7.61. The Balaban J connectivity index is 1.93. The molecule has 35 heavy (non-hydrogen) atoms. The number of anilines is 1. The van der Waals surface area contributed by atoms with Gasteiger partial charge in [-0.3, -0.25) is 19.7 Å². The highest BCUT2D eigenvalue weighted by molar-refractivity contribution is 6.01. The highest BCUT2D eigenvalue weighted by Crippen LogP contribution is 2.28. The first kappa shape index (κ1) is 24.8. The van der Waals surface area contributed by atoms with E-state index in [-0.39, 0.29) is 17.1 Å². The minimum atomic E-state index is -1.45. The van der Waals surface area contributed by atoms with Gasteiger partial charge in [-0.15, -0.1) is 0 Å². The van der Waals surface area contributed by atoms with Gasteiger partial charge in [0, 0.05) is 18.6 Å². The molecule has 0 aliphatic carbocycles. The normalized spacial score (nSPS) is 11.8. The summed E-state index contributed by atoms with van der Waals surface area (Å²) in [6.07, 6.45) is -0.0216. The van der Waals surface area contributed by atoms with Crippen LogP contribution in [0.25, 0.3) is 6.08 Å². The predicted molar refractivity (Wildman–Crippen MR) is 130 cm³/mol. The number of nitro groups is 1. The van der Waals surface area contributed by atoms with Gasteiger partial charge in [-0.1, -0.05) is 66.7 Å². The molecule has 0 aromatic heterocycles. The molecular formula is C26H23N3O6. The molecule has 0 saturated heterocycles. The summed E-state index contributed by atoms with van der Waals surface area (Å²) in [5, 5.41) is 16.4. The summed E-state index contributed by atoms with van der Waals surface area (Å²) in [5.74, 6) is -2.25. The lowest BCUT2D eigenvalue weighted by Gasteiger charge is -2.19. The Morgan fingerprint density at radius 2 is 1.60 bits per heavy atom. The quantitative estimate of drug-likeness (QED) is 0.217. The van der Waals surface area contributed by atoms with E-state index in [1.165, 1.54) is 25.1 Å². The van der Waals surface area contributed by atoms with Crippen LogP contribution in [0.4, 0.5) is 11.4 Å². The molecule has 2 amide bonds. The van der Waals surface area contributed by atoms with Crippen LogP contribution in [-0.4, -0.2) is 22.7 Å². The molecule has 1 atom stereocenters. The lowest BCUT2D eigenvalue weighted by molar-refractivity contribution is -0.384. The third-order valence-electron chi connectivity index (χ3n) is 4.81. The minimum Gasteiger partial charge on any atom is -0.443 e. The molecule has 9 heteroatoms. The van der Waals surface area contributed by atoms with Crippen molar-refractivity contribution in [3.63, 3.8) is 0 Å². The zero-order chi connectivity index (χ0) is 25.4. The molecule has 2 N–H and O–H groups in total. The van der Waals surface area contributed by atoms with Crippen molar-refractivity contribution in [2.45, 2.75) is 20.0 Å². The largest absolute Gasteiger partial charge is 0.443 e. The van der Waals surface area contributed by atoms with Gasteiger partial charge in [0.25, 0.3) is 11.6 Å². The smallest absolute Gasteiger partial charge is 0.355 e. The number of benzene rings is 3. The number of esters is 1. The van der Waals surface area contributed by atoms with E-state index in [4.69, 9.17) is 4.74 Å². The number of aryl methyl sites for hydroxylation is 1. The number of nitro benzene ring substituents is 1. The Morgan fingerprint density at radius 1 is 0.971 bits per heavy atom. The van der Waals surface area contributed by atoms with Crippen molar-refractivity contribution in [2.24, 2.45) is 0 Å². The van der Waals surface area contributed by atoms with Gasteiger partial charge >= 0.3 is 5.97 Å². The minimum absolute atomic E-state index is 0.0375. The number of ether oxygens (including phenoxy) is 1. The Kier molecular flexibility index (Phi) is 8.07. The Morgan fingerprint density at radius 3 is 2.20 bits per heavy atom. The zero-order valence-corrected chi connectivity index (χ0v) is 19.1. The van der Waals surface area contributed by atoms with Crippen LogP contribution in [-0.2, 0) is 19.1 Å². The third-order valence-corrected chi connectivity index (χ3v) is 4.81. The van der Waals surface area contributed by atoms with Crippen molar-refractivity contribution >= 4 is 35.2 Å². The third kappa shape index (κ3) is 6.84. The van der Waals surface area contributed by atoms with Crippen LogP contribution in [0.3, 0.4) is 0 Å².